The van der Waals surface area contributed by atoms with Crippen LogP contribution in [0.5, 0.6) is 0 Å². The van der Waals surface area contributed by atoms with E-state index in [1.54, 1.807) is 0 Å². The van der Waals surface area contributed by atoms with Crippen LogP contribution >= 0.6 is 11.8 Å². The highest BCUT2D eigenvalue weighted by molar-refractivity contribution is 7.99. The van der Waals surface area contributed by atoms with Crippen LogP contribution in [0.4, 0.5) is 0 Å². The van der Waals surface area contributed by atoms with Crippen molar-refractivity contribution in [1.82, 2.24) is 0 Å². The first-order valence-corrected chi connectivity index (χ1v) is 16.1. The van der Waals surface area contributed by atoms with E-state index in [2.05, 4.69) is 25.6 Å². The van der Waals surface area contributed by atoms with Crippen LogP contribution in [0.25, 0.3) is 0 Å². The molecule has 0 unspecified atom stereocenters. The molecular formula is C30H62S. The summed E-state index contributed by atoms with van der Waals surface area (Å²) < 4.78 is 0. The fourth-order valence-electron chi connectivity index (χ4n) is 4.55. The Balaban J connectivity index is 2.98. The van der Waals surface area contributed by atoms with Crippen LogP contribution in [-0.2, 0) is 0 Å². The summed E-state index contributed by atoms with van der Waals surface area (Å²) in [7, 11) is 0. The van der Waals surface area contributed by atoms with Crippen molar-refractivity contribution >= 4 is 11.8 Å². The second-order valence-electron chi connectivity index (χ2n) is 10.1. The lowest BCUT2D eigenvalue weighted by Gasteiger charge is -2.04. The summed E-state index contributed by atoms with van der Waals surface area (Å²) in [6.45, 7) is 4.61. The van der Waals surface area contributed by atoms with Gasteiger partial charge in [0.2, 0.25) is 0 Å². The quantitative estimate of drug-likeness (QED) is 0.106. The van der Waals surface area contributed by atoms with Gasteiger partial charge in [-0.1, -0.05) is 168 Å². The molecule has 0 aromatic heterocycles. The average molecular weight is 455 g/mol. The van der Waals surface area contributed by atoms with Crippen molar-refractivity contribution in [3.05, 3.63) is 0 Å². The highest BCUT2D eigenvalue weighted by Crippen LogP contribution is 2.16. The van der Waals surface area contributed by atoms with E-state index >= 15 is 0 Å². The van der Waals surface area contributed by atoms with E-state index < -0.39 is 0 Å². The van der Waals surface area contributed by atoms with Gasteiger partial charge in [-0.3, -0.25) is 0 Å². The lowest BCUT2D eigenvalue weighted by atomic mass is 10.0. The van der Waals surface area contributed by atoms with Crippen molar-refractivity contribution < 1.29 is 0 Å². The van der Waals surface area contributed by atoms with E-state index in [9.17, 15) is 0 Å². The standard InChI is InChI=1S/C30H62S/c1-3-5-7-9-11-13-15-17-18-20-22-24-26-28-30-31-29-27-25-23-21-19-16-14-12-10-8-6-4-2/h3-30H2,1-2H3. The highest BCUT2D eigenvalue weighted by atomic mass is 32.2. The van der Waals surface area contributed by atoms with Gasteiger partial charge in [0.05, 0.1) is 0 Å². The van der Waals surface area contributed by atoms with Gasteiger partial charge in [-0.05, 0) is 24.3 Å². The number of hydrogen-bond acceptors (Lipinski definition) is 1. The van der Waals surface area contributed by atoms with Crippen LogP contribution in [0.2, 0.25) is 0 Å². The molecule has 188 valence electrons. The third kappa shape index (κ3) is 30.4. The number of thioether (sulfide) groups is 1. The molecule has 0 radical (unpaired) electrons. The molecule has 0 atom stereocenters. The van der Waals surface area contributed by atoms with Crippen LogP contribution in [-0.4, -0.2) is 11.5 Å². The fraction of sp³-hybridized carbons (Fsp3) is 1.00. The minimum absolute atomic E-state index is 1.37. The highest BCUT2D eigenvalue weighted by Gasteiger charge is 1.96. The van der Waals surface area contributed by atoms with E-state index in [4.69, 9.17) is 0 Å². The summed E-state index contributed by atoms with van der Waals surface area (Å²) in [5.41, 5.74) is 0. The van der Waals surface area contributed by atoms with Gasteiger partial charge in [-0.25, -0.2) is 0 Å². The Morgan fingerprint density at radius 3 is 0.677 bits per heavy atom. The molecule has 0 nitrogen and oxygen atoms in total. The molecule has 0 rings (SSSR count). The van der Waals surface area contributed by atoms with Gasteiger partial charge in [-0.2, -0.15) is 11.8 Å². The molecule has 0 bridgehead atoms. The van der Waals surface area contributed by atoms with E-state index in [1.165, 1.54) is 178 Å². The first-order chi connectivity index (χ1) is 15.4. The van der Waals surface area contributed by atoms with Crippen LogP contribution in [0.15, 0.2) is 0 Å². The molecule has 0 saturated carbocycles. The zero-order valence-electron chi connectivity index (χ0n) is 22.2. The number of rotatable bonds is 28. The summed E-state index contributed by atoms with van der Waals surface area (Å²) in [6, 6.07) is 0. The third-order valence-corrected chi connectivity index (χ3v) is 7.94. The molecule has 0 fully saturated rings. The Hall–Kier alpha value is 0.350. The largest absolute Gasteiger partial charge is 0.162 e. The molecule has 0 saturated heterocycles. The van der Waals surface area contributed by atoms with Gasteiger partial charge in [0.15, 0.2) is 0 Å². The molecular weight excluding hydrogens is 392 g/mol. The molecule has 0 N–H and O–H groups in total. The second-order valence-corrected chi connectivity index (χ2v) is 11.3. The van der Waals surface area contributed by atoms with Crippen molar-refractivity contribution in [3.63, 3.8) is 0 Å². The first-order valence-electron chi connectivity index (χ1n) is 15.0. The van der Waals surface area contributed by atoms with Gasteiger partial charge in [0.25, 0.3) is 0 Å². The maximum atomic E-state index is 2.30. The second kappa shape index (κ2) is 30.4. The van der Waals surface area contributed by atoms with Crippen molar-refractivity contribution in [2.24, 2.45) is 0 Å². The molecule has 0 heterocycles. The van der Waals surface area contributed by atoms with E-state index in [-0.39, 0.29) is 0 Å². The number of hydrogen-bond donors (Lipinski definition) is 0. The molecule has 0 amide bonds. The zero-order valence-corrected chi connectivity index (χ0v) is 23.0. The van der Waals surface area contributed by atoms with Crippen LogP contribution < -0.4 is 0 Å². The third-order valence-electron chi connectivity index (χ3n) is 6.78. The molecule has 0 aromatic carbocycles. The van der Waals surface area contributed by atoms with Crippen LogP contribution in [0.1, 0.15) is 181 Å². The van der Waals surface area contributed by atoms with Crippen molar-refractivity contribution in [3.8, 4) is 0 Å². The summed E-state index contributed by atoms with van der Waals surface area (Å²) >= 11 is 2.22. The van der Waals surface area contributed by atoms with Gasteiger partial charge < -0.3 is 0 Å². The summed E-state index contributed by atoms with van der Waals surface area (Å²) in [5, 5.41) is 0. The first kappa shape index (κ1) is 31.4. The average Bonchev–Trinajstić information content (AvgIpc) is 2.78. The normalized spacial score (nSPS) is 11.4. The Bertz CT molecular complexity index is 260. The Labute approximate surface area is 203 Å². The lowest BCUT2D eigenvalue weighted by molar-refractivity contribution is 0.538. The van der Waals surface area contributed by atoms with E-state index in [0.29, 0.717) is 0 Å². The van der Waals surface area contributed by atoms with Crippen molar-refractivity contribution in [2.45, 2.75) is 181 Å². The Morgan fingerprint density at radius 1 is 0.258 bits per heavy atom. The molecule has 0 aliphatic carbocycles. The van der Waals surface area contributed by atoms with E-state index in [0.717, 1.165) is 0 Å². The summed E-state index contributed by atoms with van der Waals surface area (Å²) in [4.78, 5) is 0. The number of unbranched alkanes of at least 4 members (excludes halogenated alkanes) is 24. The Morgan fingerprint density at radius 2 is 0.452 bits per heavy atom. The molecule has 31 heavy (non-hydrogen) atoms. The zero-order chi connectivity index (χ0) is 22.5. The van der Waals surface area contributed by atoms with Crippen LogP contribution in [0, 0.1) is 0 Å². The Kier molecular flexibility index (Phi) is 30.7. The predicted octanol–water partition coefficient (Wildman–Crippen LogP) is 11.9. The topological polar surface area (TPSA) is 0 Å². The SMILES string of the molecule is CCCCCCCCCCCCCCCCSCCCCCCCCCCCCCC. The molecule has 0 aliphatic heterocycles. The minimum atomic E-state index is 1.37. The monoisotopic (exact) mass is 454 g/mol. The van der Waals surface area contributed by atoms with Gasteiger partial charge in [0.1, 0.15) is 0 Å². The maximum Gasteiger partial charge on any atom is -0.00675 e. The maximum absolute atomic E-state index is 2.30. The predicted molar refractivity (Wildman–Crippen MR) is 149 cm³/mol. The summed E-state index contributed by atoms with van der Waals surface area (Å²) in [6.07, 6.45) is 38.2. The van der Waals surface area contributed by atoms with Gasteiger partial charge in [-0.15, -0.1) is 0 Å². The van der Waals surface area contributed by atoms with Crippen molar-refractivity contribution in [1.29, 1.82) is 0 Å². The van der Waals surface area contributed by atoms with Gasteiger partial charge >= 0.3 is 0 Å². The lowest BCUT2D eigenvalue weighted by Crippen LogP contribution is -1.87. The summed E-state index contributed by atoms with van der Waals surface area (Å²) in [5.74, 6) is 2.83. The molecule has 0 spiro atoms. The van der Waals surface area contributed by atoms with Gasteiger partial charge in [0, 0.05) is 0 Å². The minimum Gasteiger partial charge on any atom is -0.162 e. The smallest absolute Gasteiger partial charge is 0.00675 e. The molecule has 0 aromatic rings. The van der Waals surface area contributed by atoms with Crippen molar-refractivity contribution in [2.75, 3.05) is 11.5 Å². The fourth-order valence-corrected chi connectivity index (χ4v) is 5.57. The van der Waals surface area contributed by atoms with Crippen LogP contribution in [0.3, 0.4) is 0 Å². The van der Waals surface area contributed by atoms with E-state index in [1.807, 2.05) is 0 Å². The molecule has 0 aliphatic rings. The molecule has 1 heteroatoms.